The maximum Gasteiger partial charge on any atom is 0.331 e. The van der Waals surface area contributed by atoms with Crippen LogP contribution < -0.4 is 5.32 Å². The fourth-order valence-electron chi connectivity index (χ4n) is 1.66. The molecule has 2 aromatic rings. The molecule has 1 unspecified atom stereocenters. The van der Waals surface area contributed by atoms with Crippen LogP contribution in [0.3, 0.4) is 0 Å². The van der Waals surface area contributed by atoms with E-state index in [4.69, 9.17) is 32.4 Å². The minimum absolute atomic E-state index is 0.290. The van der Waals surface area contributed by atoms with Gasteiger partial charge in [0.25, 0.3) is 5.91 Å². The van der Waals surface area contributed by atoms with E-state index in [9.17, 15) is 9.59 Å². The highest BCUT2D eigenvalue weighted by molar-refractivity contribution is 9.10. The standard InChI is InChI=1S/C16H12BrCl2NO4/c1-9(16(22)20-13-5-2-10(18)8-12(13)19)23-15(21)7-4-11-3-6-14(17)24-11/h2-9H,1H3,(H,20,22)/b7-4+. The maximum atomic E-state index is 12.0. The summed E-state index contributed by atoms with van der Waals surface area (Å²) < 4.78 is 10.8. The minimum atomic E-state index is -1.00. The van der Waals surface area contributed by atoms with Crippen LogP contribution in [0.4, 0.5) is 5.69 Å². The van der Waals surface area contributed by atoms with Gasteiger partial charge in [-0.25, -0.2) is 4.79 Å². The second-order valence-electron chi connectivity index (χ2n) is 4.67. The number of benzene rings is 1. The third-order valence-electron chi connectivity index (χ3n) is 2.83. The van der Waals surface area contributed by atoms with Crippen molar-refractivity contribution in [3.63, 3.8) is 0 Å². The van der Waals surface area contributed by atoms with Gasteiger partial charge in [0, 0.05) is 11.1 Å². The van der Waals surface area contributed by atoms with E-state index < -0.39 is 18.0 Å². The molecule has 0 saturated carbocycles. The predicted octanol–water partition coefficient (Wildman–Crippen LogP) is 4.93. The first-order chi connectivity index (χ1) is 11.3. The number of nitrogens with one attached hydrogen (secondary N) is 1. The third kappa shape index (κ3) is 5.40. The fraction of sp³-hybridized carbons (Fsp3) is 0.125. The first-order valence-electron chi connectivity index (χ1n) is 6.75. The molecular weight excluding hydrogens is 421 g/mol. The Bertz CT molecular complexity index is 788. The van der Waals surface area contributed by atoms with Crippen LogP contribution in [0.2, 0.25) is 10.0 Å². The number of furan rings is 1. The molecule has 1 N–H and O–H groups in total. The van der Waals surface area contributed by atoms with E-state index in [0.717, 1.165) is 0 Å². The number of carbonyl (C=O) groups is 2. The first kappa shape index (κ1) is 18.6. The molecule has 0 spiro atoms. The van der Waals surface area contributed by atoms with Crippen molar-refractivity contribution in [3.8, 4) is 0 Å². The summed E-state index contributed by atoms with van der Waals surface area (Å²) in [4.78, 5) is 23.8. The molecule has 0 bridgehead atoms. The summed E-state index contributed by atoms with van der Waals surface area (Å²) in [7, 11) is 0. The highest BCUT2D eigenvalue weighted by Gasteiger charge is 2.17. The van der Waals surface area contributed by atoms with Gasteiger partial charge in [0.15, 0.2) is 10.8 Å². The first-order valence-corrected chi connectivity index (χ1v) is 8.30. The number of hydrogen-bond donors (Lipinski definition) is 1. The quantitative estimate of drug-likeness (QED) is 0.537. The van der Waals surface area contributed by atoms with Gasteiger partial charge in [-0.15, -0.1) is 0 Å². The summed E-state index contributed by atoms with van der Waals surface area (Å²) in [6, 6.07) is 8.01. The van der Waals surface area contributed by atoms with Crippen molar-refractivity contribution in [2.24, 2.45) is 0 Å². The van der Waals surface area contributed by atoms with Crippen molar-refractivity contribution in [2.75, 3.05) is 5.32 Å². The van der Waals surface area contributed by atoms with E-state index in [1.165, 1.54) is 25.1 Å². The van der Waals surface area contributed by atoms with Crippen LogP contribution in [0.5, 0.6) is 0 Å². The topological polar surface area (TPSA) is 68.5 Å². The molecule has 1 aromatic carbocycles. The smallest absolute Gasteiger partial charge is 0.331 e. The van der Waals surface area contributed by atoms with Crippen molar-refractivity contribution < 1.29 is 18.7 Å². The zero-order chi connectivity index (χ0) is 17.7. The van der Waals surface area contributed by atoms with E-state index in [0.29, 0.717) is 21.1 Å². The lowest BCUT2D eigenvalue weighted by Gasteiger charge is -2.13. The second kappa shape index (κ2) is 8.37. The van der Waals surface area contributed by atoms with Crippen LogP contribution in [0.15, 0.2) is 45.5 Å². The van der Waals surface area contributed by atoms with Crippen molar-refractivity contribution in [3.05, 3.63) is 56.9 Å². The Labute approximate surface area is 156 Å². The monoisotopic (exact) mass is 431 g/mol. The van der Waals surface area contributed by atoms with Crippen molar-refractivity contribution >= 4 is 62.8 Å². The van der Waals surface area contributed by atoms with Crippen LogP contribution >= 0.6 is 39.1 Å². The zero-order valence-corrected chi connectivity index (χ0v) is 15.5. The minimum Gasteiger partial charge on any atom is -0.450 e. The van der Waals surface area contributed by atoms with Crippen molar-refractivity contribution in [2.45, 2.75) is 13.0 Å². The number of anilines is 1. The lowest BCUT2D eigenvalue weighted by Crippen LogP contribution is -2.29. The molecule has 2 rings (SSSR count). The SMILES string of the molecule is CC(OC(=O)/C=C/c1ccc(Br)o1)C(=O)Nc1ccc(Cl)cc1Cl. The van der Waals surface area contributed by atoms with Gasteiger partial charge in [0.2, 0.25) is 0 Å². The number of ether oxygens (including phenoxy) is 1. The van der Waals surface area contributed by atoms with Gasteiger partial charge in [-0.05, 0) is 59.3 Å². The van der Waals surface area contributed by atoms with Crippen molar-refractivity contribution in [1.29, 1.82) is 0 Å². The number of halogens is 3. The molecule has 24 heavy (non-hydrogen) atoms. The van der Waals surface area contributed by atoms with E-state index >= 15 is 0 Å². The Hall–Kier alpha value is -1.76. The van der Waals surface area contributed by atoms with E-state index in [1.54, 1.807) is 24.3 Å². The summed E-state index contributed by atoms with van der Waals surface area (Å²) in [5.74, 6) is -0.710. The Morgan fingerprint density at radius 3 is 2.67 bits per heavy atom. The lowest BCUT2D eigenvalue weighted by atomic mass is 10.3. The number of carbonyl (C=O) groups excluding carboxylic acids is 2. The van der Waals surface area contributed by atoms with Crippen LogP contribution in [0.25, 0.3) is 6.08 Å². The highest BCUT2D eigenvalue weighted by atomic mass is 79.9. The van der Waals surface area contributed by atoms with Gasteiger partial charge < -0.3 is 14.5 Å². The van der Waals surface area contributed by atoms with Gasteiger partial charge in [0.1, 0.15) is 5.76 Å². The van der Waals surface area contributed by atoms with E-state index in [-0.39, 0.29) is 5.02 Å². The van der Waals surface area contributed by atoms with Gasteiger partial charge >= 0.3 is 5.97 Å². The number of hydrogen-bond acceptors (Lipinski definition) is 4. The molecule has 0 saturated heterocycles. The summed E-state index contributed by atoms with van der Waals surface area (Å²) in [5, 5.41) is 3.30. The average molecular weight is 433 g/mol. The van der Waals surface area contributed by atoms with E-state index in [1.807, 2.05) is 0 Å². The van der Waals surface area contributed by atoms with Gasteiger partial charge in [-0.1, -0.05) is 23.2 Å². The lowest BCUT2D eigenvalue weighted by molar-refractivity contribution is -0.148. The molecule has 1 atom stereocenters. The number of esters is 1. The summed E-state index contributed by atoms with van der Waals surface area (Å²) in [5.41, 5.74) is 0.380. The maximum absolute atomic E-state index is 12.0. The van der Waals surface area contributed by atoms with Crippen LogP contribution in [0, 0.1) is 0 Å². The molecular formula is C16H12BrCl2NO4. The predicted molar refractivity (Wildman–Crippen MR) is 96.1 cm³/mol. The Morgan fingerprint density at radius 1 is 1.29 bits per heavy atom. The van der Waals surface area contributed by atoms with Crippen LogP contribution in [0.1, 0.15) is 12.7 Å². The zero-order valence-electron chi connectivity index (χ0n) is 12.4. The summed E-state index contributed by atoms with van der Waals surface area (Å²) in [6.45, 7) is 1.45. The molecule has 1 aromatic heterocycles. The Balaban J connectivity index is 1.90. The molecule has 0 aliphatic heterocycles. The van der Waals surface area contributed by atoms with Crippen LogP contribution in [-0.2, 0) is 14.3 Å². The molecule has 126 valence electrons. The fourth-order valence-corrected chi connectivity index (χ4v) is 2.44. The molecule has 0 aliphatic carbocycles. The molecule has 5 nitrogen and oxygen atoms in total. The highest BCUT2D eigenvalue weighted by Crippen LogP contribution is 2.25. The molecule has 0 fully saturated rings. The molecule has 8 heteroatoms. The molecule has 1 heterocycles. The van der Waals surface area contributed by atoms with Gasteiger partial charge in [-0.3, -0.25) is 4.79 Å². The summed E-state index contributed by atoms with van der Waals surface area (Å²) >= 11 is 14.9. The third-order valence-corrected chi connectivity index (χ3v) is 3.80. The van der Waals surface area contributed by atoms with Gasteiger partial charge in [0.05, 0.1) is 10.7 Å². The average Bonchev–Trinajstić information content (AvgIpc) is 2.93. The van der Waals surface area contributed by atoms with E-state index in [2.05, 4.69) is 21.2 Å². The molecule has 0 aliphatic rings. The normalized spacial score (nSPS) is 12.2. The van der Waals surface area contributed by atoms with Crippen molar-refractivity contribution in [1.82, 2.24) is 0 Å². The second-order valence-corrected chi connectivity index (χ2v) is 6.29. The number of rotatable bonds is 5. The Kier molecular flexibility index (Phi) is 6.48. The molecule has 0 radical (unpaired) electrons. The number of amides is 1. The molecule has 1 amide bonds. The van der Waals surface area contributed by atoms with Gasteiger partial charge in [-0.2, -0.15) is 0 Å². The van der Waals surface area contributed by atoms with Crippen LogP contribution in [-0.4, -0.2) is 18.0 Å². The largest absolute Gasteiger partial charge is 0.450 e. The summed E-state index contributed by atoms with van der Waals surface area (Å²) in [6.07, 6.45) is 1.61. The Morgan fingerprint density at radius 2 is 2.04 bits per heavy atom.